The van der Waals surface area contributed by atoms with Crippen LogP contribution in [-0.4, -0.2) is 63.8 Å². The van der Waals surface area contributed by atoms with E-state index in [0.717, 1.165) is 16.5 Å². The molecule has 1 fully saturated rings. The van der Waals surface area contributed by atoms with Gasteiger partial charge in [-0.3, -0.25) is 10.4 Å². The normalized spacial score (nSPS) is 19.8. The molecule has 148 valence electrons. The Bertz CT molecular complexity index is 932. The van der Waals surface area contributed by atoms with Gasteiger partial charge in [-0.25, -0.2) is 13.4 Å². The van der Waals surface area contributed by atoms with Gasteiger partial charge in [-0.15, -0.1) is 0 Å². The lowest BCUT2D eigenvalue weighted by molar-refractivity contribution is 0.144. The zero-order valence-corrected chi connectivity index (χ0v) is 16.8. The lowest BCUT2D eigenvalue weighted by Crippen LogP contribution is -2.53. The van der Waals surface area contributed by atoms with Crippen LogP contribution in [0, 0.1) is 0 Å². The fourth-order valence-electron chi connectivity index (χ4n) is 3.31. The standard InChI is InChI=1S/C18H25N3O5S/c1-12-11-27(22,23)6-5-21(12)20-10-13-7-14-15(19-9-13)8-16(24-2)18(26-4)17(14)25-3/h7-9,12,20H,5-6,10-11H2,1-4H3. The van der Waals surface area contributed by atoms with Crippen molar-refractivity contribution in [3.05, 3.63) is 23.9 Å². The maximum absolute atomic E-state index is 11.7. The zero-order valence-electron chi connectivity index (χ0n) is 16.0. The number of methoxy groups -OCH3 is 3. The molecule has 3 rings (SSSR count). The van der Waals surface area contributed by atoms with Gasteiger partial charge in [0.2, 0.25) is 5.75 Å². The van der Waals surface area contributed by atoms with Crippen molar-refractivity contribution in [2.75, 3.05) is 39.4 Å². The lowest BCUT2D eigenvalue weighted by atomic mass is 10.1. The van der Waals surface area contributed by atoms with E-state index in [-0.39, 0.29) is 17.5 Å². The van der Waals surface area contributed by atoms with Crippen molar-refractivity contribution < 1.29 is 22.6 Å². The quantitative estimate of drug-likeness (QED) is 0.785. The molecule has 9 heteroatoms. The van der Waals surface area contributed by atoms with E-state index in [1.807, 2.05) is 24.1 Å². The maximum Gasteiger partial charge on any atom is 0.204 e. The van der Waals surface area contributed by atoms with Crippen LogP contribution in [0.5, 0.6) is 17.2 Å². The van der Waals surface area contributed by atoms with E-state index in [9.17, 15) is 8.42 Å². The molecular formula is C18H25N3O5S. The second-order valence-corrected chi connectivity index (χ2v) is 8.78. The Labute approximate surface area is 159 Å². The molecule has 1 aromatic carbocycles. The highest BCUT2D eigenvalue weighted by atomic mass is 32.2. The minimum Gasteiger partial charge on any atom is -0.493 e. The maximum atomic E-state index is 11.7. The first-order chi connectivity index (χ1) is 12.9. The summed E-state index contributed by atoms with van der Waals surface area (Å²) in [6.07, 6.45) is 1.78. The van der Waals surface area contributed by atoms with Gasteiger partial charge in [-0.1, -0.05) is 0 Å². The Kier molecular flexibility index (Phi) is 5.73. The number of aromatic nitrogens is 1. The van der Waals surface area contributed by atoms with Crippen molar-refractivity contribution >= 4 is 20.7 Å². The van der Waals surface area contributed by atoms with E-state index < -0.39 is 9.84 Å². The molecule has 0 bridgehead atoms. The Morgan fingerprint density at radius 1 is 1.19 bits per heavy atom. The highest BCUT2D eigenvalue weighted by molar-refractivity contribution is 7.91. The number of nitrogens with zero attached hydrogens (tertiary/aromatic N) is 2. The SMILES string of the molecule is COc1cc2ncc(CNN3CCS(=O)(=O)CC3C)cc2c(OC)c1OC. The number of hydrogen-bond donors (Lipinski definition) is 1. The first-order valence-electron chi connectivity index (χ1n) is 8.66. The fraction of sp³-hybridized carbons (Fsp3) is 0.500. The number of sulfone groups is 1. The van der Waals surface area contributed by atoms with Crippen LogP contribution < -0.4 is 19.6 Å². The van der Waals surface area contributed by atoms with Gasteiger partial charge >= 0.3 is 0 Å². The molecular weight excluding hydrogens is 370 g/mol. The van der Waals surface area contributed by atoms with E-state index in [1.165, 1.54) is 0 Å². The van der Waals surface area contributed by atoms with E-state index in [4.69, 9.17) is 14.2 Å². The van der Waals surface area contributed by atoms with Crippen LogP contribution in [-0.2, 0) is 16.4 Å². The largest absolute Gasteiger partial charge is 0.493 e. The smallest absolute Gasteiger partial charge is 0.204 e. The minimum atomic E-state index is -2.94. The average Bonchev–Trinajstić information content (AvgIpc) is 2.64. The summed E-state index contributed by atoms with van der Waals surface area (Å²) in [6.45, 7) is 2.91. The molecule has 0 aliphatic carbocycles. The molecule has 0 amide bonds. The van der Waals surface area contributed by atoms with Crippen LogP contribution in [0.3, 0.4) is 0 Å². The van der Waals surface area contributed by atoms with E-state index >= 15 is 0 Å². The zero-order chi connectivity index (χ0) is 19.6. The van der Waals surface area contributed by atoms with Crippen LogP contribution in [0.2, 0.25) is 0 Å². The molecule has 2 aromatic rings. The van der Waals surface area contributed by atoms with Gasteiger partial charge in [0.15, 0.2) is 21.3 Å². The summed E-state index contributed by atoms with van der Waals surface area (Å²) in [6, 6.07) is 3.73. The van der Waals surface area contributed by atoms with Crippen LogP contribution in [0.1, 0.15) is 12.5 Å². The number of hydrazine groups is 1. The number of benzene rings is 1. The predicted octanol–water partition coefficient (Wildman–Crippen LogP) is 1.38. The summed E-state index contributed by atoms with van der Waals surface area (Å²) in [5.74, 6) is 1.99. The fourth-order valence-corrected chi connectivity index (χ4v) is 4.87. The number of fused-ring (bicyclic) bond motifs is 1. The second-order valence-electron chi connectivity index (χ2n) is 6.55. The van der Waals surface area contributed by atoms with E-state index in [2.05, 4.69) is 10.4 Å². The van der Waals surface area contributed by atoms with Gasteiger partial charge in [0.05, 0.1) is 38.4 Å². The number of pyridine rings is 1. The van der Waals surface area contributed by atoms with Gasteiger partial charge in [0.1, 0.15) is 0 Å². The molecule has 1 aromatic heterocycles. The molecule has 1 atom stereocenters. The average molecular weight is 395 g/mol. The molecule has 1 N–H and O–H groups in total. The first-order valence-corrected chi connectivity index (χ1v) is 10.5. The molecule has 27 heavy (non-hydrogen) atoms. The molecule has 0 saturated carbocycles. The molecule has 1 aliphatic rings. The number of hydrogen-bond acceptors (Lipinski definition) is 8. The Morgan fingerprint density at radius 3 is 2.56 bits per heavy atom. The Hall–Kier alpha value is -2.10. The number of ether oxygens (including phenoxy) is 3. The van der Waals surface area contributed by atoms with Gasteiger partial charge in [0.25, 0.3) is 0 Å². The van der Waals surface area contributed by atoms with Crippen molar-refractivity contribution in [1.29, 1.82) is 0 Å². The molecule has 0 spiro atoms. The third kappa shape index (κ3) is 4.10. The number of nitrogens with one attached hydrogen (secondary N) is 1. The third-order valence-electron chi connectivity index (χ3n) is 4.70. The monoisotopic (exact) mass is 395 g/mol. The topological polar surface area (TPSA) is 90.0 Å². The predicted molar refractivity (Wildman–Crippen MR) is 103 cm³/mol. The third-order valence-corrected chi connectivity index (χ3v) is 6.50. The number of rotatable bonds is 6. The van der Waals surface area contributed by atoms with E-state index in [0.29, 0.717) is 30.3 Å². The lowest BCUT2D eigenvalue weighted by Gasteiger charge is -2.33. The Morgan fingerprint density at radius 2 is 1.93 bits per heavy atom. The Balaban J connectivity index is 1.84. The molecule has 1 unspecified atom stereocenters. The van der Waals surface area contributed by atoms with E-state index in [1.54, 1.807) is 27.5 Å². The van der Waals surface area contributed by atoms with Gasteiger partial charge in [-0.2, -0.15) is 0 Å². The molecule has 0 radical (unpaired) electrons. The highest BCUT2D eigenvalue weighted by Gasteiger charge is 2.27. The molecule has 2 heterocycles. The first kappa shape index (κ1) is 19.7. The summed E-state index contributed by atoms with van der Waals surface area (Å²) >= 11 is 0. The summed E-state index contributed by atoms with van der Waals surface area (Å²) in [5.41, 5.74) is 5.00. The summed E-state index contributed by atoms with van der Waals surface area (Å²) in [5, 5.41) is 2.79. The van der Waals surface area contributed by atoms with Crippen LogP contribution in [0.15, 0.2) is 18.3 Å². The molecule has 8 nitrogen and oxygen atoms in total. The van der Waals surface area contributed by atoms with Crippen molar-refractivity contribution in [1.82, 2.24) is 15.4 Å². The van der Waals surface area contributed by atoms with Crippen LogP contribution >= 0.6 is 0 Å². The van der Waals surface area contributed by atoms with Gasteiger partial charge in [0, 0.05) is 36.8 Å². The highest BCUT2D eigenvalue weighted by Crippen LogP contribution is 2.42. The van der Waals surface area contributed by atoms with Crippen LogP contribution in [0.4, 0.5) is 0 Å². The summed E-state index contributed by atoms with van der Waals surface area (Å²) in [7, 11) is 1.78. The van der Waals surface area contributed by atoms with Crippen molar-refractivity contribution in [2.24, 2.45) is 0 Å². The summed E-state index contributed by atoms with van der Waals surface area (Å²) in [4.78, 5) is 4.51. The van der Waals surface area contributed by atoms with Crippen molar-refractivity contribution in [2.45, 2.75) is 19.5 Å². The van der Waals surface area contributed by atoms with Crippen LogP contribution in [0.25, 0.3) is 10.9 Å². The molecule has 1 aliphatic heterocycles. The van der Waals surface area contributed by atoms with Gasteiger partial charge in [-0.05, 0) is 18.6 Å². The second kappa shape index (κ2) is 7.87. The minimum absolute atomic E-state index is 0.0731. The van der Waals surface area contributed by atoms with Gasteiger partial charge < -0.3 is 14.2 Å². The van der Waals surface area contributed by atoms with Crippen molar-refractivity contribution in [3.63, 3.8) is 0 Å². The summed E-state index contributed by atoms with van der Waals surface area (Å²) < 4.78 is 39.8. The molecule has 1 saturated heterocycles. The van der Waals surface area contributed by atoms with Crippen molar-refractivity contribution in [3.8, 4) is 17.2 Å².